The summed E-state index contributed by atoms with van der Waals surface area (Å²) in [5.74, 6) is 0.753. The summed E-state index contributed by atoms with van der Waals surface area (Å²) in [4.78, 5) is 0. The molecule has 0 radical (unpaired) electrons. The number of nitrogens with two attached hydrogens (primary N) is 1. The van der Waals surface area contributed by atoms with Gasteiger partial charge >= 0.3 is 0 Å². The van der Waals surface area contributed by atoms with E-state index in [1.165, 1.54) is 44.9 Å². The van der Waals surface area contributed by atoms with Crippen LogP contribution in [0.2, 0.25) is 0 Å². The van der Waals surface area contributed by atoms with E-state index in [0.29, 0.717) is 0 Å². The highest BCUT2D eigenvalue weighted by Crippen LogP contribution is 2.34. The van der Waals surface area contributed by atoms with Gasteiger partial charge in [0.1, 0.15) is 0 Å². The molecule has 0 saturated heterocycles. The minimum Gasteiger partial charge on any atom is -0.330 e. The average molecular weight is 190 g/mol. The van der Waals surface area contributed by atoms with E-state index in [1.807, 2.05) is 0 Å². The molecule has 72 valence electrons. The lowest BCUT2D eigenvalue weighted by Crippen LogP contribution is -2.33. The van der Waals surface area contributed by atoms with E-state index < -0.39 is 0 Å². The van der Waals surface area contributed by atoms with Crippen molar-refractivity contribution >= 4 is 11.6 Å². The van der Waals surface area contributed by atoms with Gasteiger partial charge in [0.15, 0.2) is 0 Å². The predicted molar refractivity (Wildman–Crippen MR) is 54.5 cm³/mol. The van der Waals surface area contributed by atoms with Crippen LogP contribution in [0.3, 0.4) is 0 Å². The van der Waals surface area contributed by atoms with Gasteiger partial charge in [0.25, 0.3) is 0 Å². The SMILES string of the molecule is NCC1(CCl)CCCCCCC1. The van der Waals surface area contributed by atoms with Gasteiger partial charge in [0.2, 0.25) is 0 Å². The molecule has 2 N–H and O–H groups in total. The molecule has 1 aliphatic rings. The van der Waals surface area contributed by atoms with Crippen LogP contribution in [-0.2, 0) is 0 Å². The maximum Gasteiger partial charge on any atom is 0.0292 e. The van der Waals surface area contributed by atoms with Crippen LogP contribution in [0.5, 0.6) is 0 Å². The number of hydrogen-bond acceptors (Lipinski definition) is 1. The van der Waals surface area contributed by atoms with Gasteiger partial charge in [0, 0.05) is 5.88 Å². The van der Waals surface area contributed by atoms with Gasteiger partial charge in [-0.05, 0) is 24.8 Å². The fourth-order valence-corrected chi connectivity index (χ4v) is 2.42. The summed E-state index contributed by atoms with van der Waals surface area (Å²) in [6, 6.07) is 0. The van der Waals surface area contributed by atoms with Gasteiger partial charge in [-0.15, -0.1) is 11.6 Å². The van der Waals surface area contributed by atoms with Crippen LogP contribution >= 0.6 is 11.6 Å². The number of alkyl halides is 1. The van der Waals surface area contributed by atoms with Crippen LogP contribution < -0.4 is 5.73 Å². The Bertz CT molecular complexity index is 111. The molecule has 0 amide bonds. The first-order valence-electron chi connectivity index (χ1n) is 5.09. The summed E-state index contributed by atoms with van der Waals surface area (Å²) in [6.07, 6.45) is 9.29. The van der Waals surface area contributed by atoms with Crippen LogP contribution in [0.25, 0.3) is 0 Å². The molecule has 0 heterocycles. The summed E-state index contributed by atoms with van der Waals surface area (Å²) >= 11 is 5.98. The third kappa shape index (κ3) is 2.63. The molecular weight excluding hydrogens is 170 g/mol. The molecule has 0 atom stereocenters. The van der Waals surface area contributed by atoms with Crippen molar-refractivity contribution in [3.63, 3.8) is 0 Å². The third-order valence-corrected chi connectivity index (χ3v) is 3.70. The predicted octanol–water partition coefficient (Wildman–Crippen LogP) is 2.91. The molecule has 1 saturated carbocycles. The summed E-state index contributed by atoms with van der Waals surface area (Å²) in [5.41, 5.74) is 6.06. The lowest BCUT2D eigenvalue weighted by molar-refractivity contribution is 0.252. The lowest BCUT2D eigenvalue weighted by atomic mass is 9.78. The minimum absolute atomic E-state index is 0.280. The standard InChI is InChI=1S/C10H20ClN/c11-8-10(9-12)6-4-2-1-3-5-7-10/h1-9,12H2. The molecule has 0 unspecified atom stereocenters. The number of halogens is 1. The average Bonchev–Trinajstić information content (AvgIpc) is 2.06. The lowest BCUT2D eigenvalue weighted by Gasteiger charge is -2.32. The summed E-state index contributed by atoms with van der Waals surface area (Å²) in [5, 5.41) is 0. The van der Waals surface area contributed by atoms with E-state index in [1.54, 1.807) is 0 Å². The fourth-order valence-electron chi connectivity index (χ4n) is 2.05. The first-order valence-corrected chi connectivity index (χ1v) is 5.62. The second-order valence-electron chi connectivity index (χ2n) is 4.11. The van der Waals surface area contributed by atoms with Gasteiger partial charge in [-0.3, -0.25) is 0 Å². The highest BCUT2D eigenvalue weighted by atomic mass is 35.5. The molecule has 2 heteroatoms. The monoisotopic (exact) mass is 189 g/mol. The zero-order chi connectivity index (χ0) is 8.86. The molecule has 0 spiro atoms. The van der Waals surface area contributed by atoms with Crippen LogP contribution in [0.15, 0.2) is 0 Å². The Morgan fingerprint density at radius 2 is 1.50 bits per heavy atom. The van der Waals surface area contributed by atoms with Gasteiger partial charge in [-0.2, -0.15) is 0 Å². The van der Waals surface area contributed by atoms with Crippen LogP contribution in [0, 0.1) is 5.41 Å². The largest absolute Gasteiger partial charge is 0.330 e. The van der Waals surface area contributed by atoms with E-state index in [2.05, 4.69) is 0 Å². The normalized spacial score (nSPS) is 24.5. The fraction of sp³-hybridized carbons (Fsp3) is 1.00. The van der Waals surface area contributed by atoms with Gasteiger partial charge < -0.3 is 5.73 Å². The van der Waals surface area contributed by atoms with Crippen molar-refractivity contribution in [2.45, 2.75) is 44.9 Å². The molecule has 12 heavy (non-hydrogen) atoms. The molecule has 1 nitrogen and oxygen atoms in total. The molecule has 0 aromatic heterocycles. The molecular formula is C10H20ClN. The molecule has 0 bridgehead atoms. The second kappa shape index (κ2) is 5.08. The highest BCUT2D eigenvalue weighted by molar-refractivity contribution is 6.18. The van der Waals surface area contributed by atoms with Crippen LogP contribution in [0.1, 0.15) is 44.9 Å². The Hall–Kier alpha value is 0.250. The van der Waals surface area contributed by atoms with Crippen molar-refractivity contribution in [3.05, 3.63) is 0 Å². The number of rotatable bonds is 2. The smallest absolute Gasteiger partial charge is 0.0292 e. The van der Waals surface area contributed by atoms with E-state index in [9.17, 15) is 0 Å². The first-order chi connectivity index (χ1) is 5.83. The summed E-state index contributed by atoms with van der Waals surface area (Å²) < 4.78 is 0. The van der Waals surface area contributed by atoms with E-state index in [0.717, 1.165) is 12.4 Å². The van der Waals surface area contributed by atoms with Crippen molar-refractivity contribution < 1.29 is 0 Å². The second-order valence-corrected chi connectivity index (χ2v) is 4.37. The van der Waals surface area contributed by atoms with E-state index in [4.69, 9.17) is 17.3 Å². The van der Waals surface area contributed by atoms with Gasteiger partial charge in [-0.25, -0.2) is 0 Å². The van der Waals surface area contributed by atoms with Crippen molar-refractivity contribution in [1.29, 1.82) is 0 Å². The zero-order valence-corrected chi connectivity index (χ0v) is 8.58. The van der Waals surface area contributed by atoms with Crippen molar-refractivity contribution in [1.82, 2.24) is 0 Å². The third-order valence-electron chi connectivity index (χ3n) is 3.13. The minimum atomic E-state index is 0.280. The van der Waals surface area contributed by atoms with Crippen molar-refractivity contribution in [2.75, 3.05) is 12.4 Å². The van der Waals surface area contributed by atoms with Gasteiger partial charge in [0.05, 0.1) is 0 Å². The Kier molecular flexibility index (Phi) is 4.38. The Labute approximate surface area is 80.7 Å². The zero-order valence-electron chi connectivity index (χ0n) is 7.82. The summed E-state index contributed by atoms with van der Waals surface area (Å²) in [7, 11) is 0. The van der Waals surface area contributed by atoms with E-state index in [-0.39, 0.29) is 5.41 Å². The molecule has 1 aliphatic carbocycles. The maximum atomic E-state index is 5.98. The first kappa shape index (κ1) is 10.3. The Morgan fingerprint density at radius 1 is 1.00 bits per heavy atom. The molecule has 0 aromatic carbocycles. The highest BCUT2D eigenvalue weighted by Gasteiger charge is 2.27. The summed E-state index contributed by atoms with van der Waals surface area (Å²) in [6.45, 7) is 0.774. The molecule has 1 fully saturated rings. The molecule has 0 aliphatic heterocycles. The van der Waals surface area contributed by atoms with E-state index >= 15 is 0 Å². The van der Waals surface area contributed by atoms with Crippen molar-refractivity contribution in [2.24, 2.45) is 11.1 Å². The van der Waals surface area contributed by atoms with Gasteiger partial charge in [-0.1, -0.05) is 32.1 Å². The topological polar surface area (TPSA) is 26.0 Å². The Morgan fingerprint density at radius 3 is 1.92 bits per heavy atom. The quantitative estimate of drug-likeness (QED) is 0.665. The van der Waals surface area contributed by atoms with Crippen molar-refractivity contribution in [3.8, 4) is 0 Å². The Balaban J connectivity index is 2.45. The molecule has 0 aromatic rings. The maximum absolute atomic E-state index is 5.98. The number of hydrogen-bond donors (Lipinski definition) is 1. The van der Waals surface area contributed by atoms with Crippen LogP contribution in [0.4, 0.5) is 0 Å². The van der Waals surface area contributed by atoms with Crippen LogP contribution in [-0.4, -0.2) is 12.4 Å². The molecule has 1 rings (SSSR count).